The Hall–Kier alpha value is -1.55. The Labute approximate surface area is 216 Å². The lowest BCUT2D eigenvalue weighted by Crippen LogP contribution is -2.56. The SMILES string of the molecule is CC[C@H]1OC(=O)[C@H](C)C(=O)[C@H](C)C[C@](C)(OC)C[C@@H](C)/C(=N\OC2CCNCC2)[C@H](C)[C@@H](O)[C@]1(C)O. The molecule has 3 N–H and O–H groups in total. The molecule has 8 atom stereocenters. The largest absolute Gasteiger partial charge is 0.459 e. The number of carbonyl (C=O) groups is 2. The molecule has 0 aromatic carbocycles. The number of oxime groups is 1. The lowest BCUT2D eigenvalue weighted by atomic mass is 9.75. The van der Waals surface area contributed by atoms with E-state index in [9.17, 15) is 19.8 Å². The van der Waals surface area contributed by atoms with Crippen LogP contribution in [0.1, 0.15) is 80.6 Å². The molecule has 0 aromatic rings. The van der Waals surface area contributed by atoms with Gasteiger partial charge >= 0.3 is 5.97 Å². The van der Waals surface area contributed by atoms with Crippen LogP contribution >= 0.6 is 0 Å². The highest BCUT2D eigenvalue weighted by molar-refractivity contribution is 5.99. The number of piperidine rings is 1. The van der Waals surface area contributed by atoms with Crippen LogP contribution in [0.5, 0.6) is 0 Å². The number of aliphatic hydroxyl groups is 2. The molecule has 2 fully saturated rings. The van der Waals surface area contributed by atoms with E-state index in [2.05, 4.69) is 10.5 Å². The van der Waals surface area contributed by atoms with E-state index >= 15 is 0 Å². The molecule has 208 valence electrons. The number of nitrogens with zero attached hydrogens (tertiary/aromatic N) is 1. The number of ether oxygens (including phenoxy) is 2. The number of cyclic esters (lactones) is 1. The molecule has 9 nitrogen and oxygen atoms in total. The van der Waals surface area contributed by atoms with Crippen molar-refractivity contribution in [3.8, 4) is 0 Å². The second kappa shape index (κ2) is 12.8. The lowest BCUT2D eigenvalue weighted by molar-refractivity contribution is -0.186. The Bertz CT molecular complexity index is 780. The van der Waals surface area contributed by atoms with Crippen LogP contribution < -0.4 is 5.32 Å². The molecule has 0 radical (unpaired) electrons. The van der Waals surface area contributed by atoms with Crippen LogP contribution in [0.4, 0.5) is 0 Å². The van der Waals surface area contributed by atoms with Crippen LogP contribution in [0.15, 0.2) is 5.16 Å². The minimum Gasteiger partial charge on any atom is -0.459 e. The average Bonchev–Trinajstić information content (AvgIpc) is 2.85. The molecular weight excluding hydrogens is 464 g/mol. The van der Waals surface area contributed by atoms with Crippen molar-refractivity contribution < 1.29 is 34.1 Å². The van der Waals surface area contributed by atoms with Crippen LogP contribution in [-0.4, -0.2) is 77.4 Å². The number of nitrogens with one attached hydrogen (secondary N) is 1. The maximum absolute atomic E-state index is 13.1. The van der Waals surface area contributed by atoms with E-state index in [1.54, 1.807) is 27.9 Å². The summed E-state index contributed by atoms with van der Waals surface area (Å²) in [7, 11) is 1.61. The summed E-state index contributed by atoms with van der Waals surface area (Å²) in [6.07, 6.45) is 0.554. The first kappa shape index (κ1) is 30.7. The summed E-state index contributed by atoms with van der Waals surface area (Å²) in [5.41, 5.74) is -1.85. The van der Waals surface area contributed by atoms with Gasteiger partial charge < -0.3 is 29.8 Å². The minimum absolute atomic E-state index is 0.0267. The fraction of sp³-hybridized carbons (Fsp3) is 0.889. The smallest absolute Gasteiger partial charge is 0.316 e. The fourth-order valence-corrected chi connectivity index (χ4v) is 5.67. The number of ketones is 1. The maximum Gasteiger partial charge on any atom is 0.316 e. The van der Waals surface area contributed by atoms with Crippen molar-refractivity contribution in [2.24, 2.45) is 28.8 Å². The first-order valence-corrected chi connectivity index (χ1v) is 13.4. The van der Waals surface area contributed by atoms with E-state index in [1.807, 2.05) is 13.8 Å². The number of Topliss-reactive ketones (excluding diaryl/α,β-unsaturated/α-hetero) is 1. The third-order valence-corrected chi connectivity index (χ3v) is 8.15. The predicted molar refractivity (Wildman–Crippen MR) is 138 cm³/mol. The maximum atomic E-state index is 13.1. The molecule has 0 amide bonds. The Morgan fingerprint density at radius 2 is 1.67 bits per heavy atom. The van der Waals surface area contributed by atoms with Gasteiger partial charge in [-0.05, 0) is 66.0 Å². The number of methoxy groups -OCH3 is 1. The zero-order valence-corrected chi connectivity index (χ0v) is 23.4. The number of aliphatic hydroxyl groups excluding tert-OH is 1. The highest BCUT2D eigenvalue weighted by Crippen LogP contribution is 2.35. The van der Waals surface area contributed by atoms with Gasteiger partial charge in [0, 0.05) is 24.9 Å². The molecule has 0 unspecified atom stereocenters. The van der Waals surface area contributed by atoms with Gasteiger partial charge in [0.2, 0.25) is 0 Å². The quantitative estimate of drug-likeness (QED) is 0.298. The van der Waals surface area contributed by atoms with Gasteiger partial charge in [0.05, 0.1) is 17.4 Å². The van der Waals surface area contributed by atoms with Crippen molar-refractivity contribution in [2.45, 2.75) is 110 Å². The summed E-state index contributed by atoms with van der Waals surface area (Å²) in [4.78, 5) is 32.0. The number of carbonyl (C=O) groups excluding carboxylic acids is 2. The molecule has 0 bridgehead atoms. The summed E-state index contributed by atoms with van der Waals surface area (Å²) >= 11 is 0. The molecule has 2 saturated heterocycles. The Morgan fingerprint density at radius 1 is 1.08 bits per heavy atom. The van der Waals surface area contributed by atoms with E-state index in [4.69, 9.17) is 14.3 Å². The summed E-state index contributed by atoms with van der Waals surface area (Å²) in [5.74, 6) is -3.14. The number of hydrogen-bond donors (Lipinski definition) is 3. The molecule has 9 heteroatoms. The molecule has 2 aliphatic heterocycles. The zero-order chi connectivity index (χ0) is 27.3. The fourth-order valence-electron chi connectivity index (χ4n) is 5.67. The molecule has 0 aromatic heterocycles. The first-order valence-electron chi connectivity index (χ1n) is 13.4. The third kappa shape index (κ3) is 7.27. The van der Waals surface area contributed by atoms with E-state index in [0.717, 1.165) is 25.9 Å². The molecule has 0 spiro atoms. The van der Waals surface area contributed by atoms with E-state index < -0.39 is 47.1 Å². The van der Waals surface area contributed by atoms with Crippen molar-refractivity contribution in [1.29, 1.82) is 0 Å². The van der Waals surface area contributed by atoms with Gasteiger partial charge in [0.1, 0.15) is 29.5 Å². The highest BCUT2D eigenvalue weighted by Gasteiger charge is 2.47. The van der Waals surface area contributed by atoms with Gasteiger partial charge in [0.15, 0.2) is 0 Å². The van der Waals surface area contributed by atoms with Gasteiger partial charge in [-0.25, -0.2) is 0 Å². The Morgan fingerprint density at radius 3 is 2.22 bits per heavy atom. The summed E-state index contributed by atoms with van der Waals surface area (Å²) < 4.78 is 11.5. The molecule has 36 heavy (non-hydrogen) atoms. The van der Waals surface area contributed by atoms with Crippen molar-refractivity contribution in [3.63, 3.8) is 0 Å². The van der Waals surface area contributed by atoms with Crippen molar-refractivity contribution in [3.05, 3.63) is 0 Å². The van der Waals surface area contributed by atoms with Gasteiger partial charge in [-0.15, -0.1) is 0 Å². The molecule has 0 aliphatic carbocycles. The standard InChI is InChI=1S/C27H48N2O7/c1-9-21-27(7,33)24(31)18(4)22(29-36-20-10-12-28-13-11-20)16(2)14-26(6,34-8)15-17(3)23(30)19(5)25(32)35-21/h16-21,24,28,31,33H,9-15H2,1-8H3/b29-22+/t16-,17-,18+,19-,21-,24-,26-,27-/m1/s1. The average molecular weight is 513 g/mol. The normalized spacial score (nSPS) is 41.6. The summed E-state index contributed by atoms with van der Waals surface area (Å²) in [6.45, 7) is 14.0. The zero-order valence-electron chi connectivity index (χ0n) is 23.4. The van der Waals surface area contributed by atoms with Gasteiger partial charge in [-0.1, -0.05) is 32.9 Å². The van der Waals surface area contributed by atoms with E-state index in [0.29, 0.717) is 18.6 Å². The number of rotatable bonds is 4. The van der Waals surface area contributed by atoms with Crippen molar-refractivity contribution >= 4 is 17.5 Å². The molecule has 2 aliphatic rings. The first-order chi connectivity index (χ1) is 16.8. The monoisotopic (exact) mass is 512 g/mol. The lowest BCUT2D eigenvalue weighted by Gasteiger charge is -2.41. The second-order valence-corrected chi connectivity index (χ2v) is 11.4. The second-order valence-electron chi connectivity index (χ2n) is 11.4. The van der Waals surface area contributed by atoms with Gasteiger partial charge in [-0.2, -0.15) is 0 Å². The van der Waals surface area contributed by atoms with E-state index in [1.165, 1.54) is 13.8 Å². The molecule has 2 heterocycles. The van der Waals surface area contributed by atoms with Crippen LogP contribution in [0.2, 0.25) is 0 Å². The molecule has 0 saturated carbocycles. The summed E-state index contributed by atoms with van der Waals surface area (Å²) in [6, 6.07) is 0. The predicted octanol–water partition coefficient (Wildman–Crippen LogP) is 2.86. The Kier molecular flexibility index (Phi) is 10.9. The van der Waals surface area contributed by atoms with Gasteiger partial charge in [0.25, 0.3) is 0 Å². The summed E-state index contributed by atoms with van der Waals surface area (Å²) in [5, 5.41) is 30.7. The Balaban J connectivity index is 2.51. The van der Waals surface area contributed by atoms with Crippen LogP contribution in [0.3, 0.4) is 0 Å². The molecular formula is C27H48N2O7. The van der Waals surface area contributed by atoms with Crippen molar-refractivity contribution in [1.82, 2.24) is 5.32 Å². The van der Waals surface area contributed by atoms with Crippen molar-refractivity contribution in [2.75, 3.05) is 20.2 Å². The van der Waals surface area contributed by atoms with E-state index in [-0.39, 0.29) is 24.2 Å². The molecule has 2 rings (SSSR count). The van der Waals surface area contributed by atoms with Crippen LogP contribution in [0.25, 0.3) is 0 Å². The van der Waals surface area contributed by atoms with Crippen LogP contribution in [-0.2, 0) is 23.9 Å². The number of hydrogen-bond acceptors (Lipinski definition) is 9. The third-order valence-electron chi connectivity index (χ3n) is 8.15. The topological polar surface area (TPSA) is 127 Å². The van der Waals surface area contributed by atoms with Crippen LogP contribution in [0, 0.1) is 23.7 Å². The number of esters is 1. The minimum atomic E-state index is -1.78. The highest BCUT2D eigenvalue weighted by atomic mass is 16.6. The van der Waals surface area contributed by atoms with Gasteiger partial charge in [-0.3, -0.25) is 9.59 Å².